The topological polar surface area (TPSA) is 119 Å². The second kappa shape index (κ2) is 5.84. The van der Waals surface area contributed by atoms with E-state index in [1.807, 2.05) is 0 Å². The minimum Gasteiger partial charge on any atom is -0.493 e. The smallest absolute Gasteiger partial charge is 0.241 e. The van der Waals surface area contributed by atoms with Crippen LogP contribution in [0.4, 0.5) is 0 Å². The van der Waals surface area contributed by atoms with Crippen LogP contribution in [0.1, 0.15) is 5.82 Å². The average molecular weight is 299 g/mol. The summed E-state index contributed by atoms with van der Waals surface area (Å²) in [5.41, 5.74) is 0. The minimum atomic E-state index is -3.70. The van der Waals surface area contributed by atoms with Gasteiger partial charge in [0.25, 0.3) is 0 Å². The maximum Gasteiger partial charge on any atom is 0.241 e. The summed E-state index contributed by atoms with van der Waals surface area (Å²) in [5, 5.41) is 12.9. The molecule has 10 heteroatoms. The molecule has 0 fully saturated rings. The maximum atomic E-state index is 12.1. The van der Waals surface area contributed by atoms with E-state index in [0.717, 1.165) is 0 Å². The molecular weight excluding hydrogens is 286 g/mol. The number of H-pyrrole nitrogens is 1. The summed E-state index contributed by atoms with van der Waals surface area (Å²) in [6.45, 7) is -0.0623. The van der Waals surface area contributed by atoms with Crippen LogP contribution in [-0.4, -0.2) is 43.3 Å². The van der Waals surface area contributed by atoms with Crippen LogP contribution >= 0.6 is 0 Å². The first-order chi connectivity index (χ1) is 9.56. The van der Waals surface area contributed by atoms with Crippen molar-refractivity contribution in [2.24, 2.45) is 0 Å². The van der Waals surface area contributed by atoms with Crippen LogP contribution in [-0.2, 0) is 16.6 Å². The molecule has 0 saturated carbocycles. The highest BCUT2D eigenvalue weighted by atomic mass is 32.2. The lowest BCUT2D eigenvalue weighted by Crippen LogP contribution is -2.23. The zero-order valence-corrected chi connectivity index (χ0v) is 11.6. The van der Waals surface area contributed by atoms with E-state index >= 15 is 0 Å². The van der Waals surface area contributed by atoms with E-state index in [-0.39, 0.29) is 17.3 Å². The van der Waals surface area contributed by atoms with Gasteiger partial charge >= 0.3 is 0 Å². The number of methoxy groups -OCH3 is 2. The van der Waals surface area contributed by atoms with E-state index in [4.69, 9.17) is 9.47 Å². The minimum absolute atomic E-state index is 0.0543. The summed E-state index contributed by atoms with van der Waals surface area (Å²) in [6, 6.07) is 4.30. The number of ether oxygens (including phenoxy) is 2. The van der Waals surface area contributed by atoms with Crippen molar-refractivity contribution in [3.05, 3.63) is 24.0 Å². The van der Waals surface area contributed by atoms with Crippen LogP contribution in [0.25, 0.3) is 0 Å². The van der Waals surface area contributed by atoms with Crippen LogP contribution in [0.3, 0.4) is 0 Å². The van der Waals surface area contributed by atoms with Crippen LogP contribution < -0.4 is 14.2 Å². The summed E-state index contributed by atoms with van der Waals surface area (Å²) in [6.07, 6.45) is 0. The number of aromatic nitrogens is 4. The molecule has 2 rings (SSSR count). The Labute approximate surface area is 115 Å². The quantitative estimate of drug-likeness (QED) is 0.751. The summed E-state index contributed by atoms with van der Waals surface area (Å²) in [4.78, 5) is 0.0543. The first-order valence-corrected chi connectivity index (χ1v) is 6.99. The average Bonchev–Trinajstić information content (AvgIpc) is 2.97. The van der Waals surface area contributed by atoms with E-state index in [2.05, 4.69) is 25.3 Å². The largest absolute Gasteiger partial charge is 0.493 e. The van der Waals surface area contributed by atoms with Crippen molar-refractivity contribution in [1.29, 1.82) is 0 Å². The van der Waals surface area contributed by atoms with Gasteiger partial charge in [0.1, 0.15) is 0 Å². The van der Waals surface area contributed by atoms with Crippen molar-refractivity contribution >= 4 is 10.0 Å². The Morgan fingerprint density at radius 1 is 1.25 bits per heavy atom. The Morgan fingerprint density at radius 2 is 2.00 bits per heavy atom. The SMILES string of the molecule is COc1ccc(S(=O)(=O)NCc2nn[nH]n2)cc1OC. The molecule has 0 bridgehead atoms. The lowest BCUT2D eigenvalue weighted by molar-refractivity contribution is 0.354. The molecule has 108 valence electrons. The zero-order valence-electron chi connectivity index (χ0n) is 10.8. The van der Waals surface area contributed by atoms with E-state index < -0.39 is 10.0 Å². The van der Waals surface area contributed by atoms with E-state index in [1.165, 1.54) is 32.4 Å². The first-order valence-electron chi connectivity index (χ1n) is 5.51. The standard InChI is InChI=1S/C10H13N5O4S/c1-18-8-4-3-7(5-9(8)19-2)20(16,17)11-6-10-12-14-15-13-10/h3-5,11H,6H2,1-2H3,(H,12,13,14,15). The molecule has 0 amide bonds. The van der Waals surface area contributed by atoms with Crippen molar-refractivity contribution in [3.8, 4) is 11.5 Å². The van der Waals surface area contributed by atoms with Crippen LogP contribution in [0.15, 0.2) is 23.1 Å². The molecule has 1 heterocycles. The first kappa shape index (κ1) is 14.2. The summed E-state index contributed by atoms with van der Waals surface area (Å²) >= 11 is 0. The summed E-state index contributed by atoms with van der Waals surface area (Å²) in [7, 11) is -0.797. The molecule has 2 aromatic rings. The zero-order chi connectivity index (χ0) is 14.6. The Morgan fingerprint density at radius 3 is 2.60 bits per heavy atom. The number of tetrazole rings is 1. The Balaban J connectivity index is 2.20. The van der Waals surface area contributed by atoms with Gasteiger partial charge in [0.15, 0.2) is 17.3 Å². The van der Waals surface area contributed by atoms with Gasteiger partial charge in [0, 0.05) is 6.07 Å². The number of hydrogen-bond acceptors (Lipinski definition) is 7. The van der Waals surface area contributed by atoms with Crippen molar-refractivity contribution in [1.82, 2.24) is 25.3 Å². The molecule has 0 atom stereocenters. The fourth-order valence-corrected chi connectivity index (χ4v) is 2.48. The fourth-order valence-electron chi connectivity index (χ4n) is 1.48. The van der Waals surface area contributed by atoms with Crippen molar-refractivity contribution < 1.29 is 17.9 Å². The van der Waals surface area contributed by atoms with Gasteiger partial charge in [0.2, 0.25) is 10.0 Å². The number of aromatic amines is 1. The number of rotatable bonds is 6. The van der Waals surface area contributed by atoms with Gasteiger partial charge in [0.05, 0.1) is 25.7 Å². The van der Waals surface area contributed by atoms with Gasteiger partial charge in [-0.15, -0.1) is 10.2 Å². The lowest BCUT2D eigenvalue weighted by atomic mass is 10.3. The van der Waals surface area contributed by atoms with Gasteiger partial charge in [-0.2, -0.15) is 5.21 Å². The van der Waals surface area contributed by atoms with E-state index in [9.17, 15) is 8.42 Å². The predicted octanol–water partition coefficient (Wildman–Crippen LogP) is -0.305. The maximum absolute atomic E-state index is 12.1. The highest BCUT2D eigenvalue weighted by Crippen LogP contribution is 2.29. The molecule has 0 aliphatic rings. The number of benzene rings is 1. The van der Waals surface area contributed by atoms with Crippen LogP contribution in [0.5, 0.6) is 11.5 Å². The lowest BCUT2D eigenvalue weighted by Gasteiger charge is -2.10. The van der Waals surface area contributed by atoms with Crippen molar-refractivity contribution in [3.63, 3.8) is 0 Å². The third kappa shape index (κ3) is 3.03. The Kier molecular flexibility index (Phi) is 4.15. The molecule has 0 radical (unpaired) electrons. The van der Waals surface area contributed by atoms with Gasteiger partial charge in [-0.25, -0.2) is 13.1 Å². The van der Waals surface area contributed by atoms with E-state index in [0.29, 0.717) is 11.5 Å². The number of hydrogen-bond donors (Lipinski definition) is 2. The van der Waals surface area contributed by atoms with Crippen LogP contribution in [0, 0.1) is 0 Å². The molecule has 1 aromatic heterocycles. The molecule has 20 heavy (non-hydrogen) atoms. The predicted molar refractivity (Wildman–Crippen MR) is 67.7 cm³/mol. The molecule has 0 aliphatic heterocycles. The van der Waals surface area contributed by atoms with Gasteiger partial charge < -0.3 is 9.47 Å². The van der Waals surface area contributed by atoms with Gasteiger partial charge in [-0.1, -0.05) is 5.21 Å². The van der Waals surface area contributed by atoms with Crippen molar-refractivity contribution in [2.45, 2.75) is 11.4 Å². The third-order valence-corrected chi connectivity index (χ3v) is 3.87. The molecule has 0 saturated heterocycles. The summed E-state index contributed by atoms with van der Waals surface area (Å²) < 4.78 is 36.7. The normalized spacial score (nSPS) is 11.3. The van der Waals surface area contributed by atoms with Gasteiger partial charge in [-0.05, 0) is 12.1 Å². The molecule has 1 aromatic carbocycles. The number of sulfonamides is 1. The third-order valence-electron chi connectivity index (χ3n) is 2.47. The monoisotopic (exact) mass is 299 g/mol. The highest BCUT2D eigenvalue weighted by molar-refractivity contribution is 7.89. The van der Waals surface area contributed by atoms with E-state index in [1.54, 1.807) is 0 Å². The molecule has 9 nitrogen and oxygen atoms in total. The molecular formula is C10H13N5O4S. The Hall–Kier alpha value is -2.20. The number of nitrogens with zero attached hydrogens (tertiary/aromatic N) is 3. The van der Waals surface area contributed by atoms with Crippen LogP contribution in [0.2, 0.25) is 0 Å². The Bertz CT molecular complexity index is 671. The highest BCUT2D eigenvalue weighted by Gasteiger charge is 2.17. The second-order valence-corrected chi connectivity index (χ2v) is 5.44. The molecule has 2 N–H and O–H groups in total. The van der Waals surface area contributed by atoms with Crippen molar-refractivity contribution in [2.75, 3.05) is 14.2 Å². The number of nitrogens with one attached hydrogen (secondary N) is 2. The van der Waals surface area contributed by atoms with Gasteiger partial charge in [-0.3, -0.25) is 0 Å². The summed E-state index contributed by atoms with van der Waals surface area (Å²) in [5.74, 6) is 1.02. The second-order valence-electron chi connectivity index (χ2n) is 3.67. The fraction of sp³-hybridized carbons (Fsp3) is 0.300. The molecule has 0 spiro atoms. The molecule has 0 unspecified atom stereocenters. The molecule has 0 aliphatic carbocycles.